The molecule has 2 saturated carbocycles. The standard InChI is InChI=1S/C17H25NOS/c1-12-7-13-9-14(8-12)17(2,10-13)16(19)18(3)11-15-5-4-6-20-15/h4-6,12-14H,7-11H2,1-3H3. The molecule has 2 bridgehead atoms. The molecule has 2 aliphatic rings. The van der Waals surface area contributed by atoms with Gasteiger partial charge in [-0.05, 0) is 54.9 Å². The summed E-state index contributed by atoms with van der Waals surface area (Å²) in [6.45, 7) is 5.34. The molecule has 1 heterocycles. The van der Waals surface area contributed by atoms with Crippen molar-refractivity contribution in [3.63, 3.8) is 0 Å². The van der Waals surface area contributed by atoms with Crippen molar-refractivity contribution in [3.05, 3.63) is 22.4 Å². The molecule has 3 rings (SSSR count). The Kier molecular flexibility index (Phi) is 3.65. The zero-order chi connectivity index (χ0) is 14.3. The van der Waals surface area contributed by atoms with E-state index in [1.54, 1.807) is 11.3 Å². The number of rotatable bonds is 3. The first-order valence-corrected chi connectivity index (χ1v) is 8.65. The fraction of sp³-hybridized carbons (Fsp3) is 0.706. The highest BCUT2D eigenvalue weighted by Crippen LogP contribution is 2.55. The van der Waals surface area contributed by atoms with Crippen LogP contribution in [0.15, 0.2) is 17.5 Å². The van der Waals surface area contributed by atoms with E-state index < -0.39 is 0 Å². The molecular formula is C17H25NOS. The van der Waals surface area contributed by atoms with Gasteiger partial charge in [-0.1, -0.05) is 19.9 Å². The first-order valence-electron chi connectivity index (χ1n) is 7.77. The topological polar surface area (TPSA) is 20.3 Å². The number of hydrogen-bond acceptors (Lipinski definition) is 2. The Labute approximate surface area is 126 Å². The molecule has 3 heteroatoms. The number of nitrogens with zero attached hydrogens (tertiary/aromatic N) is 1. The van der Waals surface area contributed by atoms with Crippen molar-refractivity contribution in [1.29, 1.82) is 0 Å². The molecule has 1 amide bonds. The Balaban J connectivity index is 1.73. The van der Waals surface area contributed by atoms with Gasteiger partial charge in [-0.3, -0.25) is 4.79 Å². The molecule has 4 unspecified atom stereocenters. The molecule has 0 spiro atoms. The third-order valence-corrected chi connectivity index (χ3v) is 6.32. The quantitative estimate of drug-likeness (QED) is 0.818. The van der Waals surface area contributed by atoms with Gasteiger partial charge in [0.05, 0.1) is 6.54 Å². The number of amides is 1. The molecular weight excluding hydrogens is 266 g/mol. The number of carbonyl (C=O) groups is 1. The van der Waals surface area contributed by atoms with Crippen molar-refractivity contribution >= 4 is 17.2 Å². The van der Waals surface area contributed by atoms with Gasteiger partial charge >= 0.3 is 0 Å². The maximum Gasteiger partial charge on any atom is 0.228 e. The van der Waals surface area contributed by atoms with Crippen LogP contribution < -0.4 is 0 Å². The van der Waals surface area contributed by atoms with Crippen molar-refractivity contribution in [2.75, 3.05) is 7.05 Å². The van der Waals surface area contributed by atoms with Crippen molar-refractivity contribution in [3.8, 4) is 0 Å². The molecule has 2 aliphatic carbocycles. The number of hydrogen-bond donors (Lipinski definition) is 0. The monoisotopic (exact) mass is 291 g/mol. The molecule has 0 aliphatic heterocycles. The summed E-state index contributed by atoms with van der Waals surface area (Å²) in [6, 6.07) is 4.18. The molecule has 2 fully saturated rings. The molecule has 1 aromatic heterocycles. The van der Waals surface area contributed by atoms with Gasteiger partial charge < -0.3 is 4.90 Å². The summed E-state index contributed by atoms with van der Waals surface area (Å²) in [7, 11) is 1.97. The summed E-state index contributed by atoms with van der Waals surface area (Å²) >= 11 is 1.74. The number of carbonyl (C=O) groups excluding carboxylic acids is 1. The second-order valence-electron chi connectivity index (χ2n) is 7.24. The van der Waals surface area contributed by atoms with Crippen LogP contribution >= 0.6 is 11.3 Å². The number of fused-ring (bicyclic) bond motifs is 2. The van der Waals surface area contributed by atoms with Crippen LogP contribution in [0.2, 0.25) is 0 Å². The van der Waals surface area contributed by atoms with Gasteiger partial charge in [0, 0.05) is 17.3 Å². The average molecular weight is 291 g/mol. The Morgan fingerprint density at radius 2 is 2.25 bits per heavy atom. The van der Waals surface area contributed by atoms with Gasteiger partial charge in [-0.15, -0.1) is 11.3 Å². The molecule has 0 saturated heterocycles. The lowest BCUT2D eigenvalue weighted by Gasteiger charge is -2.35. The van der Waals surface area contributed by atoms with Crippen LogP contribution in [0.1, 0.15) is 44.4 Å². The minimum absolute atomic E-state index is 0.110. The van der Waals surface area contributed by atoms with Crippen molar-refractivity contribution < 1.29 is 4.79 Å². The zero-order valence-corrected chi connectivity index (χ0v) is 13.6. The van der Waals surface area contributed by atoms with Crippen LogP contribution in [0.25, 0.3) is 0 Å². The van der Waals surface area contributed by atoms with E-state index in [4.69, 9.17) is 0 Å². The van der Waals surface area contributed by atoms with Gasteiger partial charge in [0.1, 0.15) is 0 Å². The molecule has 110 valence electrons. The highest BCUT2D eigenvalue weighted by Gasteiger charge is 2.52. The van der Waals surface area contributed by atoms with Crippen LogP contribution in [0.4, 0.5) is 0 Å². The minimum atomic E-state index is -0.110. The Morgan fingerprint density at radius 1 is 1.45 bits per heavy atom. The van der Waals surface area contributed by atoms with Gasteiger partial charge in [0.25, 0.3) is 0 Å². The van der Waals surface area contributed by atoms with Crippen molar-refractivity contribution in [1.82, 2.24) is 4.90 Å². The summed E-state index contributed by atoms with van der Waals surface area (Å²) in [5, 5.41) is 2.08. The molecule has 4 atom stereocenters. The van der Waals surface area contributed by atoms with E-state index in [-0.39, 0.29) is 5.41 Å². The first-order chi connectivity index (χ1) is 9.49. The van der Waals surface area contributed by atoms with E-state index in [1.165, 1.54) is 24.1 Å². The first kappa shape index (κ1) is 14.1. The van der Waals surface area contributed by atoms with E-state index in [1.807, 2.05) is 11.9 Å². The highest BCUT2D eigenvalue weighted by molar-refractivity contribution is 7.09. The number of thiophene rings is 1. The normalized spacial score (nSPS) is 36.0. The van der Waals surface area contributed by atoms with E-state index in [9.17, 15) is 4.79 Å². The van der Waals surface area contributed by atoms with Crippen LogP contribution in [0.5, 0.6) is 0 Å². The molecule has 0 radical (unpaired) electrons. The highest BCUT2D eigenvalue weighted by atomic mass is 32.1. The summed E-state index contributed by atoms with van der Waals surface area (Å²) < 4.78 is 0. The van der Waals surface area contributed by atoms with Gasteiger partial charge in [0.2, 0.25) is 5.91 Å². The predicted molar refractivity (Wildman–Crippen MR) is 83.5 cm³/mol. The van der Waals surface area contributed by atoms with Gasteiger partial charge in [0.15, 0.2) is 0 Å². The lowest BCUT2D eigenvalue weighted by molar-refractivity contribution is -0.142. The van der Waals surface area contributed by atoms with E-state index in [0.29, 0.717) is 11.8 Å². The molecule has 0 N–H and O–H groups in total. The fourth-order valence-corrected chi connectivity index (χ4v) is 5.36. The van der Waals surface area contributed by atoms with Gasteiger partial charge in [-0.2, -0.15) is 0 Å². The SMILES string of the molecule is CC1CC2CC(C1)C(C)(C(=O)N(C)Cc1cccs1)C2. The van der Waals surface area contributed by atoms with Gasteiger partial charge in [-0.25, -0.2) is 0 Å². The average Bonchev–Trinajstić information content (AvgIpc) is 2.96. The van der Waals surface area contributed by atoms with Crippen LogP contribution in [0.3, 0.4) is 0 Å². The zero-order valence-electron chi connectivity index (χ0n) is 12.8. The fourth-order valence-electron chi connectivity index (χ4n) is 4.61. The molecule has 0 aromatic carbocycles. The van der Waals surface area contributed by atoms with E-state index in [2.05, 4.69) is 31.4 Å². The molecule has 20 heavy (non-hydrogen) atoms. The Bertz CT molecular complexity index is 483. The maximum atomic E-state index is 13.0. The summed E-state index contributed by atoms with van der Waals surface area (Å²) in [4.78, 5) is 16.2. The maximum absolute atomic E-state index is 13.0. The molecule has 1 aromatic rings. The largest absolute Gasteiger partial charge is 0.340 e. The summed E-state index contributed by atoms with van der Waals surface area (Å²) in [6.07, 6.45) is 4.95. The van der Waals surface area contributed by atoms with Crippen LogP contribution in [0, 0.1) is 23.2 Å². The minimum Gasteiger partial charge on any atom is -0.340 e. The predicted octanol–water partition coefficient (Wildman–Crippen LogP) is 4.17. The van der Waals surface area contributed by atoms with Crippen molar-refractivity contribution in [2.45, 2.75) is 46.1 Å². The Morgan fingerprint density at radius 3 is 2.95 bits per heavy atom. The van der Waals surface area contributed by atoms with Crippen LogP contribution in [-0.2, 0) is 11.3 Å². The lowest BCUT2D eigenvalue weighted by Crippen LogP contribution is -2.42. The lowest BCUT2D eigenvalue weighted by atomic mass is 9.74. The van der Waals surface area contributed by atoms with Crippen LogP contribution in [-0.4, -0.2) is 17.9 Å². The van der Waals surface area contributed by atoms with E-state index >= 15 is 0 Å². The third kappa shape index (κ3) is 2.41. The third-order valence-electron chi connectivity index (χ3n) is 5.46. The molecule has 2 nitrogen and oxygen atoms in total. The summed E-state index contributed by atoms with van der Waals surface area (Å²) in [5.41, 5.74) is -0.110. The van der Waals surface area contributed by atoms with Crippen molar-refractivity contribution in [2.24, 2.45) is 23.2 Å². The van der Waals surface area contributed by atoms with E-state index in [0.717, 1.165) is 24.8 Å². The second-order valence-corrected chi connectivity index (χ2v) is 8.27. The second kappa shape index (κ2) is 5.18. The smallest absolute Gasteiger partial charge is 0.228 e. The Hall–Kier alpha value is -0.830. The summed E-state index contributed by atoms with van der Waals surface area (Å²) in [5.74, 6) is 2.56.